The zero-order valence-electron chi connectivity index (χ0n) is 18.6. The average Bonchev–Trinajstić information content (AvgIpc) is 3.43. The minimum Gasteiger partial charge on any atom is -0.375 e. The summed E-state index contributed by atoms with van der Waals surface area (Å²) >= 11 is 0. The maximum atomic E-state index is 14.5. The van der Waals surface area contributed by atoms with E-state index >= 15 is 0 Å². The van der Waals surface area contributed by atoms with Gasteiger partial charge in [-0.25, -0.2) is 27.7 Å². The summed E-state index contributed by atoms with van der Waals surface area (Å²) in [7, 11) is 0. The molecule has 178 valence electrons. The van der Waals surface area contributed by atoms with E-state index in [2.05, 4.69) is 30.3 Å². The molecule has 4 unspecified atom stereocenters. The topological polar surface area (TPSA) is 80.5 Å². The molecule has 4 aromatic rings. The summed E-state index contributed by atoms with van der Waals surface area (Å²) in [5.41, 5.74) is 1.58. The van der Waals surface area contributed by atoms with E-state index in [1.54, 1.807) is 24.7 Å². The molecule has 4 atom stereocenters. The van der Waals surface area contributed by atoms with Crippen LogP contribution in [0.1, 0.15) is 5.69 Å². The molecule has 0 bridgehead atoms. The number of rotatable bonds is 4. The van der Waals surface area contributed by atoms with Crippen LogP contribution in [0.2, 0.25) is 0 Å². The number of aromatic nitrogens is 5. The van der Waals surface area contributed by atoms with Crippen LogP contribution in [0.5, 0.6) is 0 Å². The normalized spacial score (nSPS) is 26.7. The van der Waals surface area contributed by atoms with Gasteiger partial charge in [-0.2, -0.15) is 4.98 Å². The number of ether oxygens (including phenoxy) is 1. The molecular formula is C24H20F3N7O. The molecule has 0 amide bonds. The molecule has 7 rings (SSSR count). The van der Waals surface area contributed by atoms with Crippen molar-refractivity contribution in [3.8, 4) is 11.1 Å². The second-order valence-corrected chi connectivity index (χ2v) is 9.49. The van der Waals surface area contributed by atoms with Crippen molar-refractivity contribution in [2.45, 2.75) is 19.1 Å². The van der Waals surface area contributed by atoms with E-state index in [1.165, 1.54) is 10.6 Å². The van der Waals surface area contributed by atoms with Crippen molar-refractivity contribution in [3.05, 3.63) is 66.0 Å². The maximum Gasteiger partial charge on any atom is 0.243 e. The van der Waals surface area contributed by atoms with E-state index in [0.29, 0.717) is 29.7 Å². The van der Waals surface area contributed by atoms with Crippen LogP contribution in [0.4, 0.5) is 24.9 Å². The Labute approximate surface area is 197 Å². The van der Waals surface area contributed by atoms with Gasteiger partial charge in [0.05, 0.1) is 18.8 Å². The standard InChI is InChI=1S/C24H20F3N7O/c1-12-7-17(29-11-28-12)33-8-15-20(21-24(15,9-33)10-35-21)30-23-31-22-14(3-2-6-34(22)32-23)13-4-5-16(25)19(27)18(13)26/h2-7,11,15,20-21H,8-10H2,1H3,(H,30,32). The number of benzene rings is 1. The number of fused-ring (bicyclic) bond motifs is 1. The van der Waals surface area contributed by atoms with Crippen LogP contribution in [0.25, 0.3) is 16.8 Å². The molecule has 2 saturated heterocycles. The minimum absolute atomic E-state index is 0.0116. The summed E-state index contributed by atoms with van der Waals surface area (Å²) in [6.07, 6.45) is 3.30. The van der Waals surface area contributed by atoms with Crippen molar-refractivity contribution >= 4 is 17.4 Å². The van der Waals surface area contributed by atoms with Gasteiger partial charge in [0.2, 0.25) is 5.95 Å². The van der Waals surface area contributed by atoms with Gasteiger partial charge in [0.25, 0.3) is 0 Å². The first kappa shape index (κ1) is 20.6. The molecule has 3 aliphatic rings. The van der Waals surface area contributed by atoms with Gasteiger partial charge in [0, 0.05) is 53.5 Å². The van der Waals surface area contributed by atoms with Crippen molar-refractivity contribution in [3.63, 3.8) is 0 Å². The number of hydrogen-bond donors (Lipinski definition) is 1. The number of halogens is 3. The fourth-order valence-electron chi connectivity index (χ4n) is 5.85. The van der Waals surface area contributed by atoms with Gasteiger partial charge in [0.1, 0.15) is 12.1 Å². The van der Waals surface area contributed by atoms with Crippen LogP contribution in [0.15, 0.2) is 42.9 Å². The molecule has 1 aliphatic carbocycles. The van der Waals surface area contributed by atoms with Gasteiger partial charge >= 0.3 is 0 Å². The smallest absolute Gasteiger partial charge is 0.243 e. The minimum atomic E-state index is -1.51. The lowest BCUT2D eigenvalue weighted by Crippen LogP contribution is -2.76. The SMILES string of the molecule is Cc1cc(N2CC3C(Nc4nc5c(-c6ccc(F)c(F)c6F)cccn5n4)C4OCC34C2)ncn1. The van der Waals surface area contributed by atoms with Crippen LogP contribution in [-0.4, -0.2) is 56.4 Å². The van der Waals surface area contributed by atoms with Crippen molar-refractivity contribution in [1.29, 1.82) is 0 Å². The lowest BCUT2D eigenvalue weighted by Gasteiger charge is -2.64. The summed E-state index contributed by atoms with van der Waals surface area (Å²) in [6, 6.07) is 7.36. The van der Waals surface area contributed by atoms with Crippen LogP contribution >= 0.6 is 0 Å². The molecule has 1 spiro atoms. The summed E-state index contributed by atoms with van der Waals surface area (Å²) in [5.74, 6) is -2.40. The fourth-order valence-corrected chi connectivity index (χ4v) is 5.85. The lowest BCUT2D eigenvalue weighted by molar-refractivity contribution is -0.272. The average molecular weight is 479 g/mol. The van der Waals surface area contributed by atoms with Gasteiger partial charge in [-0.3, -0.25) is 0 Å². The number of nitrogens with zero attached hydrogens (tertiary/aromatic N) is 6. The van der Waals surface area contributed by atoms with Crippen LogP contribution in [-0.2, 0) is 4.74 Å². The molecule has 3 fully saturated rings. The Morgan fingerprint density at radius 2 is 2.00 bits per heavy atom. The highest BCUT2D eigenvalue weighted by Gasteiger charge is 2.72. The number of aryl methyl sites for hydroxylation is 1. The first-order chi connectivity index (χ1) is 16.9. The summed E-state index contributed by atoms with van der Waals surface area (Å²) in [4.78, 5) is 15.5. The van der Waals surface area contributed by atoms with Gasteiger partial charge < -0.3 is 15.0 Å². The molecule has 0 radical (unpaired) electrons. The van der Waals surface area contributed by atoms with Crippen molar-refractivity contribution < 1.29 is 17.9 Å². The highest BCUT2D eigenvalue weighted by molar-refractivity contribution is 5.78. The molecule has 5 heterocycles. The van der Waals surface area contributed by atoms with Crippen LogP contribution in [0, 0.1) is 35.7 Å². The molecule has 1 saturated carbocycles. The zero-order valence-corrected chi connectivity index (χ0v) is 18.6. The number of pyridine rings is 1. The van der Waals surface area contributed by atoms with Crippen LogP contribution < -0.4 is 10.2 Å². The summed E-state index contributed by atoms with van der Waals surface area (Å²) in [6.45, 7) is 4.35. The van der Waals surface area contributed by atoms with E-state index < -0.39 is 17.5 Å². The van der Waals surface area contributed by atoms with E-state index in [4.69, 9.17) is 4.74 Å². The Morgan fingerprint density at radius 1 is 1.11 bits per heavy atom. The molecular weight excluding hydrogens is 459 g/mol. The summed E-state index contributed by atoms with van der Waals surface area (Å²) < 4.78 is 49.2. The second-order valence-electron chi connectivity index (χ2n) is 9.49. The highest BCUT2D eigenvalue weighted by atomic mass is 19.2. The van der Waals surface area contributed by atoms with Gasteiger partial charge in [0.15, 0.2) is 23.1 Å². The molecule has 8 nitrogen and oxygen atoms in total. The molecule has 2 aliphatic heterocycles. The third kappa shape index (κ3) is 2.84. The third-order valence-corrected chi connectivity index (χ3v) is 7.60. The Bertz CT molecular complexity index is 1490. The molecule has 35 heavy (non-hydrogen) atoms. The number of nitrogens with one attached hydrogen (secondary N) is 1. The monoisotopic (exact) mass is 479 g/mol. The van der Waals surface area contributed by atoms with Gasteiger partial charge in [-0.1, -0.05) is 0 Å². The largest absolute Gasteiger partial charge is 0.375 e. The van der Waals surface area contributed by atoms with Crippen molar-refractivity contribution in [2.75, 3.05) is 29.9 Å². The Balaban J connectivity index is 1.18. The Kier molecular flexibility index (Phi) is 4.21. The Hall–Kier alpha value is -3.73. The quantitative estimate of drug-likeness (QED) is 0.450. The lowest BCUT2D eigenvalue weighted by atomic mass is 9.53. The van der Waals surface area contributed by atoms with E-state index in [9.17, 15) is 13.2 Å². The van der Waals surface area contributed by atoms with Crippen LogP contribution in [0.3, 0.4) is 0 Å². The molecule has 11 heteroatoms. The highest BCUT2D eigenvalue weighted by Crippen LogP contribution is 2.60. The van der Waals surface area contributed by atoms with Crippen molar-refractivity contribution in [1.82, 2.24) is 24.6 Å². The predicted octanol–water partition coefficient (Wildman–Crippen LogP) is 3.23. The van der Waals surface area contributed by atoms with Crippen molar-refractivity contribution in [2.24, 2.45) is 11.3 Å². The zero-order chi connectivity index (χ0) is 23.9. The second kappa shape index (κ2) is 7.14. The molecule has 1 aromatic carbocycles. The van der Waals surface area contributed by atoms with E-state index in [-0.39, 0.29) is 23.1 Å². The number of anilines is 2. The third-order valence-electron chi connectivity index (χ3n) is 7.60. The predicted molar refractivity (Wildman–Crippen MR) is 120 cm³/mol. The fraction of sp³-hybridized carbons (Fsp3) is 0.333. The van der Waals surface area contributed by atoms with Gasteiger partial charge in [-0.05, 0) is 31.2 Å². The summed E-state index contributed by atoms with van der Waals surface area (Å²) in [5, 5.41) is 7.90. The van der Waals surface area contributed by atoms with E-state index in [0.717, 1.165) is 30.7 Å². The van der Waals surface area contributed by atoms with E-state index in [1.807, 2.05) is 13.0 Å². The first-order valence-electron chi connectivity index (χ1n) is 11.4. The maximum absolute atomic E-state index is 14.5. The number of hydrogen-bond acceptors (Lipinski definition) is 7. The molecule has 1 N–H and O–H groups in total. The Morgan fingerprint density at radius 3 is 2.80 bits per heavy atom. The first-order valence-corrected chi connectivity index (χ1v) is 11.4. The molecule has 3 aromatic heterocycles. The van der Waals surface area contributed by atoms with Gasteiger partial charge in [-0.15, -0.1) is 5.10 Å².